The molecule has 0 aliphatic carbocycles. The molecule has 3 aromatic carbocycles. The number of hydrogen-bond acceptors (Lipinski definition) is 9. The van der Waals surface area contributed by atoms with Crippen LogP contribution in [-0.2, 0) is 30.4 Å². The van der Waals surface area contributed by atoms with Gasteiger partial charge in [-0.2, -0.15) is 25.3 Å². The predicted molar refractivity (Wildman–Crippen MR) is 138 cm³/mol. The molecule has 6 N–H and O–H groups in total. The molecule has 1 unspecified atom stereocenters. The molecule has 1 atom stereocenters. The molecule has 15 heteroatoms. The van der Waals surface area contributed by atoms with Gasteiger partial charge in [0.25, 0.3) is 30.4 Å². The van der Waals surface area contributed by atoms with E-state index < -0.39 is 36.5 Å². The molecule has 0 saturated heterocycles. The molecule has 0 radical (unpaired) electrons. The second kappa shape index (κ2) is 17.7. The molecule has 0 saturated carbocycles. The summed E-state index contributed by atoms with van der Waals surface area (Å²) in [6.45, 7) is -0.128. The molecule has 0 spiro atoms. The third-order valence-corrected chi connectivity index (χ3v) is 6.63. The summed E-state index contributed by atoms with van der Waals surface area (Å²) in [6.07, 6.45) is 0.386. The normalized spacial score (nSPS) is 11.8. The van der Waals surface area contributed by atoms with Crippen LogP contribution in [-0.4, -0.2) is 73.5 Å². The summed E-state index contributed by atoms with van der Waals surface area (Å²) >= 11 is 0. The summed E-state index contributed by atoms with van der Waals surface area (Å²) in [6, 6.07) is 22.3. The minimum Gasteiger partial charge on any atom is -0.396 e. The smallest absolute Gasteiger partial charge is 0.294 e. The first-order valence-corrected chi connectivity index (χ1v) is 14.9. The van der Waals surface area contributed by atoms with Gasteiger partial charge in [-0.25, -0.2) is 0 Å². The highest BCUT2D eigenvalue weighted by Crippen LogP contribution is 2.06. The van der Waals surface area contributed by atoms with Crippen molar-refractivity contribution in [3.8, 4) is 0 Å². The van der Waals surface area contributed by atoms with Gasteiger partial charge in [0.1, 0.15) is 0 Å². The molecule has 38 heavy (non-hydrogen) atoms. The Morgan fingerprint density at radius 3 is 0.947 bits per heavy atom. The highest BCUT2D eigenvalue weighted by Gasteiger charge is 2.07. The van der Waals surface area contributed by atoms with Crippen molar-refractivity contribution in [2.24, 2.45) is 0 Å². The Bertz CT molecular complexity index is 1190. The van der Waals surface area contributed by atoms with Crippen LogP contribution in [0, 0.1) is 0 Å². The van der Waals surface area contributed by atoms with Crippen molar-refractivity contribution in [2.45, 2.75) is 33.6 Å². The van der Waals surface area contributed by atoms with Gasteiger partial charge >= 0.3 is 0 Å². The Balaban J connectivity index is 0.000000483. The van der Waals surface area contributed by atoms with E-state index in [0.717, 1.165) is 0 Å². The van der Waals surface area contributed by atoms with Gasteiger partial charge in [-0.15, -0.1) is 0 Å². The fourth-order valence-electron chi connectivity index (χ4n) is 2.20. The van der Waals surface area contributed by atoms with Crippen LogP contribution in [0.5, 0.6) is 0 Å². The fourth-order valence-corrected chi connectivity index (χ4v) is 3.70. The van der Waals surface area contributed by atoms with Gasteiger partial charge < -0.3 is 15.3 Å². The number of aliphatic hydroxyl groups is 3. The average molecular weight is 595 g/mol. The van der Waals surface area contributed by atoms with E-state index in [2.05, 4.69) is 0 Å². The van der Waals surface area contributed by atoms with Gasteiger partial charge in [0, 0.05) is 6.61 Å². The van der Waals surface area contributed by atoms with Gasteiger partial charge in [0.2, 0.25) is 0 Å². The van der Waals surface area contributed by atoms with E-state index in [4.69, 9.17) is 29.0 Å². The van der Waals surface area contributed by atoms with Crippen LogP contribution in [0.2, 0.25) is 0 Å². The van der Waals surface area contributed by atoms with E-state index in [-0.39, 0.29) is 27.9 Å². The molecular weight excluding hydrogens is 564 g/mol. The molecule has 0 bridgehead atoms. The summed E-state index contributed by atoms with van der Waals surface area (Å²) in [5.74, 6) is 0. The van der Waals surface area contributed by atoms with Gasteiger partial charge in [0.15, 0.2) is 0 Å². The van der Waals surface area contributed by atoms with Crippen molar-refractivity contribution in [2.75, 3.05) is 13.2 Å². The molecule has 3 rings (SSSR count). The Morgan fingerprint density at radius 1 is 0.526 bits per heavy atom. The molecule has 0 aliphatic heterocycles. The van der Waals surface area contributed by atoms with E-state index >= 15 is 0 Å². The minimum atomic E-state index is -4.00. The van der Waals surface area contributed by atoms with Crippen LogP contribution in [0.1, 0.15) is 12.8 Å². The van der Waals surface area contributed by atoms with Crippen molar-refractivity contribution in [1.29, 1.82) is 0 Å². The number of rotatable bonds is 7. The fraction of sp³-hybridized carbons (Fsp3) is 0.217. The first kappa shape index (κ1) is 35.3. The summed E-state index contributed by atoms with van der Waals surface area (Å²) in [4.78, 5) is -0.222. The van der Waals surface area contributed by atoms with Crippen molar-refractivity contribution in [3.05, 3.63) is 91.0 Å². The zero-order valence-electron chi connectivity index (χ0n) is 19.9. The lowest BCUT2D eigenvalue weighted by atomic mass is 10.2. The Kier molecular flexibility index (Phi) is 16.4. The Labute approximate surface area is 222 Å². The SMILES string of the molecule is O=S(=O)(O)c1ccccc1.O=S(=O)(O)c1ccccc1.O=S(=O)(O)c1ccccc1.OCCCC(O)CO. The van der Waals surface area contributed by atoms with Gasteiger partial charge in [-0.3, -0.25) is 13.7 Å². The monoisotopic (exact) mass is 594 g/mol. The molecule has 0 heterocycles. The lowest BCUT2D eigenvalue weighted by molar-refractivity contribution is 0.0817. The van der Waals surface area contributed by atoms with E-state index in [1.165, 1.54) is 36.4 Å². The van der Waals surface area contributed by atoms with E-state index in [0.29, 0.717) is 12.8 Å². The number of benzene rings is 3. The van der Waals surface area contributed by atoms with Crippen LogP contribution in [0.4, 0.5) is 0 Å². The molecule has 0 fully saturated rings. The molecule has 12 nitrogen and oxygen atoms in total. The number of aliphatic hydroxyl groups excluding tert-OH is 3. The Hall–Kier alpha value is -2.73. The quantitative estimate of drug-likeness (QED) is 0.216. The molecule has 0 aromatic heterocycles. The van der Waals surface area contributed by atoms with Crippen LogP contribution >= 0.6 is 0 Å². The van der Waals surface area contributed by atoms with Crippen LogP contribution in [0.25, 0.3) is 0 Å². The van der Waals surface area contributed by atoms with Gasteiger partial charge in [-0.05, 0) is 49.2 Å². The second-order valence-electron chi connectivity index (χ2n) is 7.07. The number of hydrogen-bond donors (Lipinski definition) is 6. The maximum atomic E-state index is 10.4. The summed E-state index contributed by atoms with van der Waals surface area (Å²) < 4.78 is 87.7. The van der Waals surface area contributed by atoms with Crippen molar-refractivity contribution < 1.29 is 54.2 Å². The molecule has 0 aliphatic rings. The molecule has 0 amide bonds. The van der Waals surface area contributed by atoms with E-state index in [1.807, 2.05) is 0 Å². The predicted octanol–water partition coefficient (Wildman–Crippen LogP) is 1.91. The minimum absolute atomic E-state index is 0.0741. The third-order valence-electron chi connectivity index (χ3n) is 4.03. The van der Waals surface area contributed by atoms with Gasteiger partial charge in [0.05, 0.1) is 27.4 Å². The third kappa shape index (κ3) is 16.9. The van der Waals surface area contributed by atoms with Gasteiger partial charge in [-0.1, -0.05) is 54.6 Å². The van der Waals surface area contributed by atoms with Crippen molar-refractivity contribution in [3.63, 3.8) is 0 Å². The maximum absolute atomic E-state index is 10.4. The average Bonchev–Trinajstić information content (AvgIpc) is 2.88. The van der Waals surface area contributed by atoms with Crippen molar-refractivity contribution in [1.82, 2.24) is 0 Å². The van der Waals surface area contributed by atoms with Crippen molar-refractivity contribution >= 4 is 30.4 Å². The molecule has 212 valence electrons. The van der Waals surface area contributed by atoms with Crippen LogP contribution in [0.15, 0.2) is 106 Å². The summed E-state index contributed by atoms with van der Waals surface area (Å²) in [5, 5.41) is 25.1. The van der Waals surface area contributed by atoms with E-state index in [1.54, 1.807) is 54.6 Å². The van der Waals surface area contributed by atoms with E-state index in [9.17, 15) is 25.3 Å². The summed E-state index contributed by atoms with van der Waals surface area (Å²) in [5.41, 5.74) is 0. The first-order chi connectivity index (χ1) is 17.6. The van der Waals surface area contributed by atoms with Crippen LogP contribution < -0.4 is 0 Å². The highest BCUT2D eigenvalue weighted by atomic mass is 32.2. The largest absolute Gasteiger partial charge is 0.396 e. The lowest BCUT2D eigenvalue weighted by Gasteiger charge is -2.02. The Morgan fingerprint density at radius 2 is 0.789 bits per heavy atom. The zero-order chi connectivity index (χ0) is 29.2. The first-order valence-electron chi connectivity index (χ1n) is 10.6. The van der Waals surface area contributed by atoms with Crippen LogP contribution in [0.3, 0.4) is 0 Å². The lowest BCUT2D eigenvalue weighted by Crippen LogP contribution is -2.11. The zero-order valence-corrected chi connectivity index (χ0v) is 22.4. The summed E-state index contributed by atoms with van der Waals surface area (Å²) in [7, 11) is -12.0. The molecule has 3 aromatic rings. The highest BCUT2D eigenvalue weighted by molar-refractivity contribution is 7.86. The topological polar surface area (TPSA) is 224 Å². The maximum Gasteiger partial charge on any atom is 0.294 e. The molecular formula is C23H30O12S3. The second-order valence-corrected chi connectivity index (χ2v) is 11.3. The standard InChI is InChI=1S/3C6H6O3S.C5H12O3/c3*7-10(8,9)6-4-2-1-3-5-6;6-3-1-2-5(8)4-7/h3*1-5H,(H,7,8,9);5-8H,1-4H2.